The molecule has 1 unspecified atom stereocenters. The first-order valence-electron chi connectivity index (χ1n) is 29.0. The van der Waals surface area contributed by atoms with Crippen LogP contribution in [0, 0.1) is 0 Å². The molecule has 0 radical (unpaired) electrons. The number of rotatable bonds is 53. The maximum absolute atomic E-state index is 13.6. The molecule has 17 heteroatoms. The molecule has 0 aliphatic carbocycles. The smallest absolute Gasteiger partial charge is 0.463 e. The Bertz CT molecular complexity index is 1390. The fraction of sp³-hybridized carbons (Fsp3) is 0.909. The lowest BCUT2D eigenvalue weighted by molar-refractivity contribution is -0.151. The summed E-state index contributed by atoms with van der Waals surface area (Å²) in [6.45, 7) is 6.63. The van der Waals surface area contributed by atoms with Crippen LogP contribution in [0.3, 0.4) is 0 Å². The number of amides is 3. The molecule has 0 aliphatic heterocycles. The number of phosphoric ester groups is 1. The number of carbonyl (C=O) groups excluding carboxylic acids is 5. The predicted molar refractivity (Wildman–Crippen MR) is 288 cm³/mol. The van der Waals surface area contributed by atoms with Gasteiger partial charge < -0.3 is 46.1 Å². The molecule has 16 nitrogen and oxygen atoms in total. The molecule has 0 fully saturated rings. The number of ether oxygens (including phenoxy) is 2. The van der Waals surface area contributed by atoms with Crippen LogP contribution < -0.4 is 21.7 Å². The van der Waals surface area contributed by atoms with E-state index < -0.39 is 56.5 Å². The van der Waals surface area contributed by atoms with Crippen molar-refractivity contribution in [1.82, 2.24) is 16.0 Å². The Labute approximate surface area is 437 Å². The number of phosphoric acid groups is 1. The van der Waals surface area contributed by atoms with Gasteiger partial charge in [-0.05, 0) is 57.9 Å². The van der Waals surface area contributed by atoms with E-state index in [1.54, 1.807) is 0 Å². The summed E-state index contributed by atoms with van der Waals surface area (Å²) in [5, 5.41) is 19.0. The van der Waals surface area contributed by atoms with E-state index in [9.17, 15) is 43.4 Å². The topological polar surface area (TPSA) is 253 Å². The lowest BCUT2D eigenvalue weighted by Crippen LogP contribution is -2.48. The molecule has 0 spiro atoms. The van der Waals surface area contributed by atoms with Gasteiger partial charge in [0.2, 0.25) is 17.7 Å². The van der Waals surface area contributed by atoms with Crippen LogP contribution in [-0.2, 0) is 42.5 Å². The third-order valence-corrected chi connectivity index (χ3v) is 13.6. The molecule has 0 aliphatic rings. The van der Waals surface area contributed by atoms with Gasteiger partial charge >= 0.3 is 19.8 Å². The van der Waals surface area contributed by atoms with E-state index in [2.05, 4.69) is 41.2 Å². The Kier molecular flexibility index (Phi) is 47.5. The number of nitrogens with two attached hydrogens (primary N) is 1. The van der Waals surface area contributed by atoms with E-state index in [1.165, 1.54) is 103 Å². The average Bonchev–Trinajstić information content (AvgIpc) is 3.33. The highest BCUT2D eigenvalue weighted by Crippen LogP contribution is 2.35. The summed E-state index contributed by atoms with van der Waals surface area (Å²) in [5.74, 6) is -2.28. The minimum Gasteiger partial charge on any atom is -0.463 e. The maximum atomic E-state index is 13.6. The molecule has 0 aromatic heterocycles. The van der Waals surface area contributed by atoms with Gasteiger partial charge in [0.1, 0.15) is 18.8 Å². The molecular formula is C55H107N4O12P. The molecule has 3 amide bonds. The van der Waals surface area contributed by atoms with Gasteiger partial charge in [-0.15, -0.1) is 0 Å². The van der Waals surface area contributed by atoms with E-state index in [4.69, 9.17) is 15.2 Å². The number of carbonyl (C=O) groups is 5. The van der Waals surface area contributed by atoms with Crippen molar-refractivity contribution in [1.29, 1.82) is 0 Å². The molecule has 72 heavy (non-hydrogen) atoms. The fourth-order valence-corrected chi connectivity index (χ4v) is 9.10. The summed E-state index contributed by atoms with van der Waals surface area (Å²) in [6.07, 6.45) is 32.7. The number of nitrogens with one attached hydrogen (secondary N) is 3. The van der Waals surface area contributed by atoms with Crippen LogP contribution in [0.25, 0.3) is 0 Å². The van der Waals surface area contributed by atoms with Crippen molar-refractivity contribution in [2.45, 2.75) is 295 Å². The molecule has 0 heterocycles. The van der Waals surface area contributed by atoms with Gasteiger partial charge in [-0.3, -0.25) is 28.5 Å². The van der Waals surface area contributed by atoms with Crippen LogP contribution in [0.2, 0.25) is 0 Å². The summed E-state index contributed by atoms with van der Waals surface area (Å²) in [4.78, 5) is 84.5. The Morgan fingerprint density at radius 1 is 0.528 bits per heavy atom. The molecule has 0 aromatic rings. The number of hydrogen-bond donors (Lipinski definition) is 7. The number of hydrogen-bond acceptors (Lipinski definition) is 11. The maximum Gasteiger partial charge on any atom is 0.469 e. The first-order valence-corrected chi connectivity index (χ1v) is 30.6. The number of aliphatic hydroxyl groups is 1. The van der Waals surface area contributed by atoms with Crippen LogP contribution in [0.5, 0.6) is 0 Å². The zero-order valence-corrected chi connectivity index (χ0v) is 46.6. The van der Waals surface area contributed by atoms with Crippen molar-refractivity contribution in [3.8, 4) is 0 Å². The van der Waals surface area contributed by atoms with E-state index in [0.717, 1.165) is 77.0 Å². The standard InChI is InChI=1S/C55H107N4O12P/c1-4-7-10-13-16-19-22-25-29-36-48(60)44-51(61)58-47(46-69-53(63)38-32-28-33-41-56)35-34-42-57-55(65)50(40-43-70-72(66,67)68)59-52(62)45-49(37-30-26-23-20-17-14-11-8-5-2)71-54(64)39-31-27-24-21-18-15-12-9-6-3/h47-50,60H,4-46,56H2,1-3H3,(H,57,65)(H,58,61)(H,59,62)(H2,66,67,68)/t47-,48-,49-,50?/m1/s1. The van der Waals surface area contributed by atoms with E-state index in [-0.39, 0.29) is 57.1 Å². The third-order valence-electron chi connectivity index (χ3n) is 13.1. The molecule has 0 saturated heterocycles. The number of esters is 2. The predicted octanol–water partition coefficient (Wildman–Crippen LogP) is 11.2. The second-order valence-electron chi connectivity index (χ2n) is 20.2. The Morgan fingerprint density at radius 2 is 0.986 bits per heavy atom. The SMILES string of the molecule is CCCCCCCCCCCC(=O)O[C@H](CCCCCCCCCCC)CC(=O)NC(CCOP(=O)(O)O)C(=O)NCCC[C@H](COC(=O)CCCCCN)NC(=O)C[C@H](O)CCCCCCCCCCC. The van der Waals surface area contributed by atoms with Crippen LogP contribution in [0.1, 0.15) is 271 Å². The van der Waals surface area contributed by atoms with Gasteiger partial charge in [-0.25, -0.2) is 4.57 Å². The zero-order chi connectivity index (χ0) is 53.3. The normalized spacial score (nSPS) is 13.3. The molecule has 4 atom stereocenters. The minimum absolute atomic E-state index is 0.0894. The summed E-state index contributed by atoms with van der Waals surface area (Å²) in [5.41, 5.74) is 5.57. The van der Waals surface area contributed by atoms with Gasteiger partial charge in [0.15, 0.2) is 0 Å². The van der Waals surface area contributed by atoms with Crippen molar-refractivity contribution in [3.05, 3.63) is 0 Å². The summed E-state index contributed by atoms with van der Waals surface area (Å²) in [7, 11) is -4.86. The van der Waals surface area contributed by atoms with E-state index in [1.807, 2.05) is 0 Å². The van der Waals surface area contributed by atoms with Gasteiger partial charge in [0.05, 0.1) is 31.6 Å². The monoisotopic (exact) mass is 1050 g/mol. The average molecular weight is 1050 g/mol. The summed E-state index contributed by atoms with van der Waals surface area (Å²) in [6, 6.07) is -1.82. The Hall–Kier alpha value is -2.62. The lowest BCUT2D eigenvalue weighted by Gasteiger charge is -2.22. The van der Waals surface area contributed by atoms with E-state index in [0.29, 0.717) is 45.1 Å². The highest BCUT2D eigenvalue weighted by molar-refractivity contribution is 7.46. The van der Waals surface area contributed by atoms with Gasteiger partial charge in [-0.2, -0.15) is 0 Å². The molecule has 8 N–H and O–H groups in total. The largest absolute Gasteiger partial charge is 0.469 e. The van der Waals surface area contributed by atoms with Gasteiger partial charge in [-0.1, -0.05) is 188 Å². The van der Waals surface area contributed by atoms with Crippen molar-refractivity contribution in [2.24, 2.45) is 5.73 Å². The summed E-state index contributed by atoms with van der Waals surface area (Å²) < 4.78 is 27.6. The minimum atomic E-state index is -4.86. The summed E-state index contributed by atoms with van der Waals surface area (Å²) >= 11 is 0. The second kappa shape index (κ2) is 49.3. The third kappa shape index (κ3) is 47.1. The molecule has 0 rings (SSSR count). The molecule has 424 valence electrons. The fourth-order valence-electron chi connectivity index (χ4n) is 8.76. The van der Waals surface area contributed by atoms with E-state index >= 15 is 0 Å². The van der Waals surface area contributed by atoms with Crippen LogP contribution in [-0.4, -0.2) is 95.1 Å². The molecule has 0 bridgehead atoms. The Balaban J connectivity index is 5.55. The van der Waals surface area contributed by atoms with Crippen LogP contribution in [0.4, 0.5) is 0 Å². The highest BCUT2D eigenvalue weighted by atomic mass is 31.2. The quantitative estimate of drug-likeness (QED) is 0.0170. The van der Waals surface area contributed by atoms with Crippen molar-refractivity contribution < 1.29 is 57.4 Å². The van der Waals surface area contributed by atoms with Crippen molar-refractivity contribution >= 4 is 37.5 Å². The van der Waals surface area contributed by atoms with Crippen molar-refractivity contribution in [3.63, 3.8) is 0 Å². The zero-order valence-electron chi connectivity index (χ0n) is 45.8. The van der Waals surface area contributed by atoms with Crippen molar-refractivity contribution in [2.75, 3.05) is 26.3 Å². The number of unbranched alkanes of at least 4 members (excludes halogenated alkanes) is 26. The first-order chi connectivity index (χ1) is 34.7. The first kappa shape index (κ1) is 69.4. The molecule has 0 saturated carbocycles. The highest BCUT2D eigenvalue weighted by Gasteiger charge is 2.26. The van der Waals surface area contributed by atoms with Crippen LogP contribution in [0.15, 0.2) is 0 Å². The molecule has 0 aromatic carbocycles. The lowest BCUT2D eigenvalue weighted by atomic mass is 10.0. The molecular weight excluding hydrogens is 940 g/mol. The Morgan fingerprint density at radius 3 is 1.50 bits per heavy atom. The number of aliphatic hydroxyl groups excluding tert-OH is 1. The van der Waals surface area contributed by atoms with Gasteiger partial charge in [0.25, 0.3) is 0 Å². The van der Waals surface area contributed by atoms with Crippen LogP contribution >= 0.6 is 7.82 Å². The second-order valence-corrected chi connectivity index (χ2v) is 21.4. The van der Waals surface area contributed by atoms with Gasteiger partial charge in [0, 0.05) is 25.8 Å².